The molecule has 3 unspecified atom stereocenters. The van der Waals surface area contributed by atoms with E-state index in [0.29, 0.717) is 0 Å². The standard InChI is InChI=1S/C7H19O15P3/c1-18-7-6(22-25(15,16)17)5(21-24(12,13)14)4(3(2-8)19-7)20-23(9,10)11/h3-8,15-17,25H,2H2,1H3,(H2,9,10,11)(H2,12,13,14)/t3?,4-,5?,6?,7+/m1/s1. The Hall–Kier alpha value is 0.370. The maximum absolute atomic E-state index is 11.2. The van der Waals surface area contributed by atoms with Crippen LogP contribution in [0.15, 0.2) is 0 Å². The average Bonchev–Trinajstić information content (AvgIpc) is 2.38. The molecule has 8 N–H and O–H groups in total. The second kappa shape index (κ2) is 8.59. The van der Waals surface area contributed by atoms with Gasteiger partial charge in [-0.25, -0.2) is 0 Å². The Kier molecular flexibility index (Phi) is 8.04. The van der Waals surface area contributed by atoms with Gasteiger partial charge in [0.2, 0.25) is 0 Å². The number of rotatable bonds is 8. The number of phosphoric acid groups is 2. The van der Waals surface area contributed by atoms with E-state index in [0.717, 1.165) is 7.11 Å². The summed E-state index contributed by atoms with van der Waals surface area (Å²) >= 11 is 0. The first-order valence-corrected chi connectivity index (χ1v) is 11.1. The van der Waals surface area contributed by atoms with Crippen molar-refractivity contribution in [1.29, 1.82) is 0 Å². The molecule has 0 saturated carbocycles. The van der Waals surface area contributed by atoms with E-state index in [2.05, 4.69) is 13.6 Å². The van der Waals surface area contributed by atoms with Crippen molar-refractivity contribution in [2.75, 3.05) is 13.7 Å². The van der Waals surface area contributed by atoms with Gasteiger partial charge in [0.05, 0.1) is 0 Å². The quantitative estimate of drug-likeness (QED) is 0.178. The van der Waals surface area contributed by atoms with Crippen molar-refractivity contribution in [2.45, 2.75) is 30.7 Å². The van der Waals surface area contributed by atoms with Crippen LogP contribution in [0.1, 0.15) is 0 Å². The molecule has 1 heterocycles. The average molecular weight is 436 g/mol. The molecule has 5 atom stereocenters. The Balaban J connectivity index is 3.32. The van der Waals surface area contributed by atoms with Crippen LogP contribution >= 0.6 is 23.8 Å². The number of methoxy groups -OCH3 is 1. The minimum atomic E-state index is -5.35. The molecule has 0 radical (unpaired) electrons. The molecular formula is C7H19O15P3. The van der Waals surface area contributed by atoms with Crippen molar-refractivity contribution in [3.8, 4) is 0 Å². The van der Waals surface area contributed by atoms with E-state index in [1.54, 1.807) is 0 Å². The van der Waals surface area contributed by atoms with E-state index < -0.39 is 61.1 Å². The zero-order valence-corrected chi connectivity index (χ0v) is 15.2. The van der Waals surface area contributed by atoms with Crippen molar-refractivity contribution in [1.82, 2.24) is 0 Å². The van der Waals surface area contributed by atoms with Gasteiger partial charge in [0, 0.05) is 0 Å². The first-order valence-electron chi connectivity index (χ1n) is 6.29. The molecule has 15 nitrogen and oxygen atoms in total. The van der Waals surface area contributed by atoms with Crippen LogP contribution < -0.4 is 0 Å². The van der Waals surface area contributed by atoms with Crippen LogP contribution in [0.3, 0.4) is 0 Å². The zero-order chi connectivity index (χ0) is 19.6. The second-order valence-corrected chi connectivity index (χ2v) is 8.51. The van der Waals surface area contributed by atoms with Gasteiger partial charge in [0.15, 0.2) is 0 Å². The molecule has 0 aromatic carbocycles. The normalized spacial score (nSPS) is 32.6. The van der Waals surface area contributed by atoms with Crippen LogP contribution in [-0.2, 0) is 32.2 Å². The molecule has 25 heavy (non-hydrogen) atoms. The minimum absolute atomic E-state index is 0.960. The van der Waals surface area contributed by atoms with Gasteiger partial charge in [0.1, 0.15) is 0 Å². The van der Waals surface area contributed by atoms with Gasteiger partial charge < -0.3 is 0 Å². The Morgan fingerprint density at radius 3 is 1.80 bits per heavy atom. The summed E-state index contributed by atoms with van der Waals surface area (Å²) in [7, 11) is -15.0. The first kappa shape index (κ1) is 23.4. The third kappa shape index (κ3) is 7.87. The van der Waals surface area contributed by atoms with Gasteiger partial charge in [-0.15, -0.1) is 0 Å². The predicted molar refractivity (Wildman–Crippen MR) is 76.4 cm³/mol. The van der Waals surface area contributed by atoms with E-state index in [4.69, 9.17) is 43.7 Å². The summed E-state index contributed by atoms with van der Waals surface area (Å²) in [6.07, 6.45) is -9.53. The molecule has 18 heteroatoms. The fourth-order valence-corrected chi connectivity index (χ4v) is 3.83. The topological polar surface area (TPSA) is 242 Å². The third-order valence-corrected chi connectivity index (χ3v) is 4.44. The van der Waals surface area contributed by atoms with E-state index >= 15 is 0 Å². The van der Waals surface area contributed by atoms with Crippen LogP contribution in [0, 0.1) is 0 Å². The number of phosphoric ester groups is 2. The molecule has 0 spiro atoms. The summed E-state index contributed by atoms with van der Waals surface area (Å²) in [5, 5.41) is 9.26. The molecule has 0 aromatic heterocycles. The Bertz CT molecular complexity index is 522. The Morgan fingerprint density at radius 2 is 1.44 bits per heavy atom. The number of hydrogen-bond acceptors (Lipinski definition) is 11. The molecule has 1 fully saturated rings. The fraction of sp³-hybridized carbons (Fsp3) is 1.00. The number of ether oxygens (including phenoxy) is 2. The molecule has 1 saturated heterocycles. The fourth-order valence-electron chi connectivity index (χ4n) is 2.09. The molecule has 0 aromatic rings. The van der Waals surface area contributed by atoms with Crippen LogP contribution in [-0.4, -0.2) is 83.8 Å². The van der Waals surface area contributed by atoms with Gasteiger partial charge in [0.25, 0.3) is 0 Å². The molecular weight excluding hydrogens is 417 g/mol. The summed E-state index contributed by atoms with van der Waals surface area (Å²) in [4.78, 5) is 63.0. The van der Waals surface area contributed by atoms with Crippen LogP contribution in [0.2, 0.25) is 0 Å². The summed E-state index contributed by atoms with van der Waals surface area (Å²) in [5.74, 6) is 0. The predicted octanol–water partition coefficient (Wildman–Crippen LogP) is -2.92. The maximum atomic E-state index is 11.2. The summed E-state index contributed by atoms with van der Waals surface area (Å²) in [5.41, 5.74) is 0. The molecule has 0 bridgehead atoms. The molecule has 152 valence electrons. The van der Waals surface area contributed by atoms with Crippen LogP contribution in [0.25, 0.3) is 0 Å². The monoisotopic (exact) mass is 436 g/mol. The van der Waals surface area contributed by atoms with Crippen LogP contribution in [0.5, 0.6) is 0 Å². The molecule has 1 aliphatic rings. The van der Waals surface area contributed by atoms with Gasteiger partial charge in [-0.3, -0.25) is 0 Å². The van der Waals surface area contributed by atoms with Crippen molar-refractivity contribution >= 4 is 23.8 Å². The summed E-state index contributed by atoms with van der Waals surface area (Å²) in [6, 6.07) is 0. The van der Waals surface area contributed by atoms with Gasteiger partial charge in [-0.05, 0) is 0 Å². The number of hydrogen-bond donors (Lipinski definition) is 8. The second-order valence-electron chi connectivity index (χ2n) is 4.74. The number of aliphatic hydroxyl groups excluding tert-OH is 1. The van der Waals surface area contributed by atoms with Gasteiger partial charge in [-0.2, -0.15) is 0 Å². The van der Waals surface area contributed by atoms with Crippen molar-refractivity contribution < 1.29 is 71.5 Å². The van der Waals surface area contributed by atoms with Crippen molar-refractivity contribution in [3.05, 3.63) is 0 Å². The van der Waals surface area contributed by atoms with E-state index in [1.165, 1.54) is 0 Å². The van der Waals surface area contributed by atoms with Gasteiger partial charge >= 0.3 is 140 Å². The van der Waals surface area contributed by atoms with E-state index in [1.807, 2.05) is 0 Å². The van der Waals surface area contributed by atoms with Crippen molar-refractivity contribution in [2.24, 2.45) is 0 Å². The molecule has 1 rings (SSSR count). The Morgan fingerprint density at radius 1 is 0.960 bits per heavy atom. The zero-order valence-electron chi connectivity index (χ0n) is 12.4. The SMILES string of the molecule is CO[C@H]1OC(CO)[C@@H](OP(=O)(O)O)C(OP(=O)(O)O)C1O[PH](O)(O)O. The van der Waals surface area contributed by atoms with E-state index in [9.17, 15) is 14.2 Å². The third-order valence-electron chi connectivity index (χ3n) is 2.82. The molecule has 0 amide bonds. The van der Waals surface area contributed by atoms with Crippen molar-refractivity contribution in [3.63, 3.8) is 0 Å². The Labute approximate surface area is 140 Å². The van der Waals surface area contributed by atoms with Crippen LogP contribution in [0.4, 0.5) is 0 Å². The van der Waals surface area contributed by atoms with Gasteiger partial charge in [-0.1, -0.05) is 0 Å². The summed E-state index contributed by atoms with van der Waals surface area (Å²) in [6.45, 7) is -0.960. The number of aliphatic hydroxyl groups is 1. The first-order chi connectivity index (χ1) is 11.2. The molecule has 1 aliphatic heterocycles. The molecule has 0 aliphatic carbocycles. The summed E-state index contributed by atoms with van der Waals surface area (Å²) < 4.78 is 45.2. The van der Waals surface area contributed by atoms with E-state index in [-0.39, 0.29) is 0 Å².